The first-order valence-corrected chi connectivity index (χ1v) is 5.39. The van der Waals surface area contributed by atoms with Gasteiger partial charge in [0.1, 0.15) is 0 Å². The number of rotatable bonds is 4. The van der Waals surface area contributed by atoms with Crippen molar-refractivity contribution in [3.05, 3.63) is 29.6 Å². The number of methoxy groups -OCH3 is 1. The van der Waals surface area contributed by atoms with Crippen LogP contribution in [-0.4, -0.2) is 25.0 Å². The molecule has 0 unspecified atom stereocenters. The molecule has 0 saturated heterocycles. The van der Waals surface area contributed by atoms with Crippen molar-refractivity contribution >= 4 is 5.91 Å². The zero-order valence-electron chi connectivity index (χ0n) is 10.4. The first kappa shape index (κ1) is 14.6. The van der Waals surface area contributed by atoms with Crippen LogP contribution >= 0.6 is 0 Å². The molecule has 1 amide bonds. The fourth-order valence-electron chi connectivity index (χ4n) is 1.13. The maximum absolute atomic E-state index is 11.1. The van der Waals surface area contributed by atoms with Crippen LogP contribution in [0.5, 0.6) is 0 Å². The Hall–Kier alpha value is -1.42. The Balaban J connectivity index is 0.00000106. The highest BCUT2D eigenvalue weighted by Crippen LogP contribution is 2.03. The van der Waals surface area contributed by atoms with Gasteiger partial charge in [0.2, 0.25) is 5.91 Å². The number of amides is 1. The minimum Gasteiger partial charge on any atom is -0.380 e. The highest BCUT2D eigenvalue weighted by atomic mass is 16.5. The largest absolute Gasteiger partial charge is 0.380 e. The number of ether oxygens (including phenoxy) is 1. The molecule has 16 heavy (non-hydrogen) atoms. The van der Waals surface area contributed by atoms with Crippen LogP contribution in [0, 0.1) is 0 Å². The smallest absolute Gasteiger partial charge is 0.225 e. The molecule has 4 nitrogen and oxygen atoms in total. The molecule has 0 aliphatic heterocycles. The molecule has 1 aromatic heterocycles. The van der Waals surface area contributed by atoms with Gasteiger partial charge in [-0.25, -0.2) is 0 Å². The second kappa shape index (κ2) is 8.85. The lowest BCUT2D eigenvalue weighted by Gasteiger charge is -2.02. The summed E-state index contributed by atoms with van der Waals surface area (Å²) in [7, 11) is 3.25. The molecule has 1 aromatic rings. The predicted octanol–water partition coefficient (Wildman–Crippen LogP) is 1.54. The normalized spacial score (nSPS) is 9.00. The van der Waals surface area contributed by atoms with Gasteiger partial charge in [0, 0.05) is 20.4 Å². The molecule has 0 saturated carbocycles. The third-order valence-corrected chi connectivity index (χ3v) is 1.81. The number of likely N-dealkylation sites (N-methyl/N-ethyl adjacent to an activating group) is 1. The fourth-order valence-corrected chi connectivity index (χ4v) is 1.13. The maximum Gasteiger partial charge on any atom is 0.225 e. The van der Waals surface area contributed by atoms with E-state index in [1.165, 1.54) is 0 Å². The minimum absolute atomic E-state index is 0.0351. The first-order valence-electron chi connectivity index (χ1n) is 5.39. The van der Waals surface area contributed by atoms with Gasteiger partial charge in [-0.2, -0.15) is 0 Å². The number of nitrogens with one attached hydrogen (secondary N) is 1. The average molecular weight is 224 g/mol. The summed E-state index contributed by atoms with van der Waals surface area (Å²) in [4.78, 5) is 15.2. The number of hydrogen-bond acceptors (Lipinski definition) is 3. The van der Waals surface area contributed by atoms with Crippen LogP contribution in [0.2, 0.25) is 0 Å². The van der Waals surface area contributed by atoms with Gasteiger partial charge in [-0.3, -0.25) is 9.78 Å². The molecule has 1 rings (SSSR count). The second-order valence-electron chi connectivity index (χ2n) is 2.94. The lowest BCUT2D eigenvalue weighted by molar-refractivity contribution is -0.120. The SMILES string of the molecule is CC.CNC(=O)Cc1cc(COC)ccn1. The van der Waals surface area contributed by atoms with E-state index in [9.17, 15) is 4.79 Å². The van der Waals surface area contributed by atoms with Crippen molar-refractivity contribution < 1.29 is 9.53 Å². The minimum atomic E-state index is -0.0351. The molecule has 0 spiro atoms. The maximum atomic E-state index is 11.1. The quantitative estimate of drug-likeness (QED) is 0.844. The summed E-state index contributed by atoms with van der Waals surface area (Å²) in [5.74, 6) is -0.0351. The Morgan fingerprint density at radius 2 is 2.19 bits per heavy atom. The van der Waals surface area contributed by atoms with Crippen molar-refractivity contribution in [3.8, 4) is 0 Å². The standard InChI is InChI=1S/C10H14N2O2.C2H6/c1-11-10(13)6-9-5-8(7-14-2)3-4-12-9;1-2/h3-5H,6-7H2,1-2H3,(H,11,13);1-2H3. The number of nitrogens with zero attached hydrogens (tertiary/aromatic N) is 1. The van der Waals surface area contributed by atoms with E-state index in [0.29, 0.717) is 13.0 Å². The lowest BCUT2D eigenvalue weighted by Crippen LogP contribution is -2.20. The third-order valence-electron chi connectivity index (χ3n) is 1.81. The van der Waals surface area contributed by atoms with E-state index < -0.39 is 0 Å². The van der Waals surface area contributed by atoms with Crippen molar-refractivity contribution in [2.45, 2.75) is 26.9 Å². The Bertz CT molecular complexity index is 314. The highest BCUT2D eigenvalue weighted by molar-refractivity contribution is 5.77. The van der Waals surface area contributed by atoms with E-state index in [1.54, 1.807) is 20.4 Å². The third kappa shape index (κ3) is 5.46. The van der Waals surface area contributed by atoms with Gasteiger partial charge in [-0.05, 0) is 17.7 Å². The van der Waals surface area contributed by atoms with Crippen molar-refractivity contribution in [3.63, 3.8) is 0 Å². The van der Waals surface area contributed by atoms with E-state index >= 15 is 0 Å². The van der Waals surface area contributed by atoms with Crippen molar-refractivity contribution in [1.29, 1.82) is 0 Å². The molecule has 0 bridgehead atoms. The second-order valence-corrected chi connectivity index (χ2v) is 2.94. The van der Waals surface area contributed by atoms with Gasteiger partial charge >= 0.3 is 0 Å². The number of carbonyl (C=O) groups excluding carboxylic acids is 1. The molecule has 4 heteroatoms. The van der Waals surface area contributed by atoms with Crippen molar-refractivity contribution in [1.82, 2.24) is 10.3 Å². The summed E-state index contributed by atoms with van der Waals surface area (Å²) in [6.07, 6.45) is 2.00. The lowest BCUT2D eigenvalue weighted by atomic mass is 10.2. The summed E-state index contributed by atoms with van der Waals surface area (Å²) in [5.41, 5.74) is 1.79. The Kier molecular flexibility index (Phi) is 8.07. The van der Waals surface area contributed by atoms with Gasteiger partial charge in [0.25, 0.3) is 0 Å². The van der Waals surface area contributed by atoms with Crippen LogP contribution in [0.15, 0.2) is 18.3 Å². The van der Waals surface area contributed by atoms with Crippen molar-refractivity contribution in [2.75, 3.05) is 14.2 Å². The van der Waals surface area contributed by atoms with Crippen LogP contribution in [0.25, 0.3) is 0 Å². The molecule has 0 fully saturated rings. The molecular weight excluding hydrogens is 204 g/mol. The van der Waals surface area contributed by atoms with Gasteiger partial charge in [0.05, 0.1) is 18.7 Å². The number of hydrogen-bond donors (Lipinski definition) is 1. The highest BCUT2D eigenvalue weighted by Gasteiger charge is 2.02. The molecule has 0 atom stereocenters. The zero-order chi connectivity index (χ0) is 12.4. The van der Waals surface area contributed by atoms with E-state index in [4.69, 9.17) is 4.74 Å². The molecular formula is C12H20N2O2. The molecule has 1 heterocycles. The van der Waals surface area contributed by atoms with Gasteiger partial charge in [-0.15, -0.1) is 0 Å². The summed E-state index contributed by atoms with van der Waals surface area (Å²) in [6, 6.07) is 3.75. The Labute approximate surface area is 97.0 Å². The van der Waals surface area contributed by atoms with Crippen LogP contribution < -0.4 is 5.32 Å². The van der Waals surface area contributed by atoms with Gasteiger partial charge < -0.3 is 10.1 Å². The number of pyridine rings is 1. The molecule has 0 aliphatic carbocycles. The van der Waals surface area contributed by atoms with E-state index in [0.717, 1.165) is 11.3 Å². The Morgan fingerprint density at radius 3 is 2.75 bits per heavy atom. The van der Waals surface area contributed by atoms with Crippen LogP contribution in [-0.2, 0) is 22.6 Å². The molecule has 90 valence electrons. The van der Waals surface area contributed by atoms with Crippen LogP contribution in [0.4, 0.5) is 0 Å². The average Bonchev–Trinajstić information content (AvgIpc) is 2.32. The van der Waals surface area contributed by atoms with Crippen LogP contribution in [0.3, 0.4) is 0 Å². The Morgan fingerprint density at radius 1 is 1.50 bits per heavy atom. The van der Waals surface area contributed by atoms with E-state index in [1.807, 2.05) is 26.0 Å². The van der Waals surface area contributed by atoms with Gasteiger partial charge in [-0.1, -0.05) is 13.8 Å². The topological polar surface area (TPSA) is 51.2 Å². The molecule has 1 N–H and O–H groups in total. The zero-order valence-corrected chi connectivity index (χ0v) is 10.4. The van der Waals surface area contributed by atoms with Crippen molar-refractivity contribution in [2.24, 2.45) is 0 Å². The molecule has 0 aromatic carbocycles. The monoisotopic (exact) mass is 224 g/mol. The van der Waals surface area contributed by atoms with Crippen LogP contribution in [0.1, 0.15) is 25.1 Å². The summed E-state index contributed by atoms with van der Waals surface area (Å²) < 4.78 is 4.99. The number of carbonyl (C=O) groups is 1. The molecule has 0 aliphatic rings. The first-order chi connectivity index (χ1) is 7.76. The molecule has 0 radical (unpaired) electrons. The fraction of sp³-hybridized carbons (Fsp3) is 0.500. The summed E-state index contributed by atoms with van der Waals surface area (Å²) in [6.45, 7) is 4.54. The summed E-state index contributed by atoms with van der Waals surface area (Å²) >= 11 is 0. The van der Waals surface area contributed by atoms with E-state index in [-0.39, 0.29) is 5.91 Å². The van der Waals surface area contributed by atoms with Gasteiger partial charge in [0.15, 0.2) is 0 Å². The number of aromatic nitrogens is 1. The van der Waals surface area contributed by atoms with E-state index in [2.05, 4.69) is 10.3 Å². The summed E-state index contributed by atoms with van der Waals surface area (Å²) in [5, 5.41) is 2.55. The predicted molar refractivity (Wildman–Crippen MR) is 64.1 cm³/mol.